The fourth-order valence-corrected chi connectivity index (χ4v) is 2.69. The van der Waals surface area contributed by atoms with E-state index in [0.29, 0.717) is 0 Å². The maximum Gasteiger partial charge on any atom is 0.186 e. The zero-order valence-electron chi connectivity index (χ0n) is 10.3. The molecule has 0 unspecified atom stereocenters. The molecule has 0 saturated heterocycles. The van der Waals surface area contributed by atoms with Gasteiger partial charge in [-0.15, -0.1) is 0 Å². The molecule has 0 N–H and O–H groups in total. The van der Waals surface area contributed by atoms with Crippen LogP contribution in [-0.2, 0) is 5.11 Å². The third-order valence-electron chi connectivity index (χ3n) is 3.66. The Kier molecular flexibility index (Phi) is 2.04. The van der Waals surface area contributed by atoms with Gasteiger partial charge in [-0.05, 0) is 57.3 Å². The van der Waals surface area contributed by atoms with E-state index in [4.69, 9.17) is 0 Å². The van der Waals surface area contributed by atoms with Crippen LogP contribution in [0.1, 0.15) is 0 Å². The summed E-state index contributed by atoms with van der Waals surface area (Å²) < 4.78 is 0. The molecule has 0 saturated carbocycles. The van der Waals surface area contributed by atoms with Crippen LogP contribution in [-0.4, -0.2) is 0 Å². The molecule has 19 heavy (non-hydrogen) atoms. The topological polar surface area (TPSA) is 19.9 Å². The zero-order valence-corrected chi connectivity index (χ0v) is 10.3. The first kappa shape index (κ1) is 10.4. The van der Waals surface area contributed by atoms with Gasteiger partial charge in [0, 0.05) is 5.39 Å². The van der Waals surface area contributed by atoms with Gasteiger partial charge in [-0.25, -0.2) is 0 Å². The van der Waals surface area contributed by atoms with Crippen molar-refractivity contribution < 1.29 is 5.11 Å². The van der Waals surface area contributed by atoms with E-state index in [1.807, 2.05) is 30.3 Å². The van der Waals surface area contributed by atoms with Crippen molar-refractivity contribution in [2.75, 3.05) is 0 Å². The maximum atomic E-state index is 11.9. The summed E-state index contributed by atoms with van der Waals surface area (Å²) in [5.41, 5.74) is 0. The summed E-state index contributed by atoms with van der Waals surface area (Å²) in [5.74, 6) is 0.0903. The highest BCUT2D eigenvalue weighted by atomic mass is 16.3. The van der Waals surface area contributed by atoms with Crippen molar-refractivity contribution in [1.82, 2.24) is 0 Å². The van der Waals surface area contributed by atoms with Gasteiger partial charge in [-0.2, -0.15) is 0 Å². The number of hydrogen-bond acceptors (Lipinski definition) is 0. The summed E-state index contributed by atoms with van der Waals surface area (Å²) in [5, 5.41) is 18.4. The monoisotopic (exact) mass is 243 g/mol. The van der Waals surface area contributed by atoms with E-state index in [1.165, 1.54) is 16.2 Å². The van der Waals surface area contributed by atoms with Crippen molar-refractivity contribution in [2.24, 2.45) is 0 Å². The normalized spacial score (nSPS) is 11.4. The van der Waals surface area contributed by atoms with Crippen molar-refractivity contribution in [3.05, 3.63) is 66.7 Å². The minimum atomic E-state index is 0.0903. The standard InChI is InChI=1S/C18H11O/c19-18-7-3-6-14-10-15-8-12-4-1-2-5-13(12)9-16(15)11-17(14)18/h1-11H. The fourth-order valence-electron chi connectivity index (χ4n) is 2.69. The maximum absolute atomic E-state index is 11.9. The minimum Gasteiger partial charge on any atom is -0.289 e. The third-order valence-corrected chi connectivity index (χ3v) is 3.66. The van der Waals surface area contributed by atoms with Gasteiger partial charge in [0.25, 0.3) is 0 Å². The van der Waals surface area contributed by atoms with Gasteiger partial charge in [0.05, 0.1) is 0 Å². The lowest BCUT2D eigenvalue weighted by atomic mass is 9.99. The second-order valence-electron chi connectivity index (χ2n) is 4.88. The highest BCUT2D eigenvalue weighted by Gasteiger charge is 2.04. The van der Waals surface area contributed by atoms with Crippen LogP contribution in [0.25, 0.3) is 32.3 Å². The molecule has 4 rings (SSSR count). The lowest BCUT2D eigenvalue weighted by Gasteiger charge is -2.05. The molecular formula is C18H11O. The predicted octanol–water partition coefficient (Wildman–Crippen LogP) is 5.29. The van der Waals surface area contributed by atoms with Crippen molar-refractivity contribution in [3.8, 4) is 5.75 Å². The lowest BCUT2D eigenvalue weighted by Crippen LogP contribution is -1.78. The first-order chi connectivity index (χ1) is 9.31. The second kappa shape index (κ2) is 3.72. The number of benzene rings is 4. The Morgan fingerprint density at radius 1 is 0.526 bits per heavy atom. The molecule has 1 heteroatoms. The Bertz CT molecular complexity index is 922. The highest BCUT2D eigenvalue weighted by Crippen LogP contribution is 2.31. The third kappa shape index (κ3) is 1.55. The Morgan fingerprint density at radius 2 is 1.11 bits per heavy atom. The molecular weight excluding hydrogens is 232 g/mol. The summed E-state index contributed by atoms with van der Waals surface area (Å²) in [6, 6.07) is 22.2. The summed E-state index contributed by atoms with van der Waals surface area (Å²) in [6.07, 6.45) is 0. The van der Waals surface area contributed by atoms with Crippen molar-refractivity contribution in [1.29, 1.82) is 0 Å². The van der Waals surface area contributed by atoms with E-state index in [-0.39, 0.29) is 5.75 Å². The molecule has 0 aliphatic carbocycles. The van der Waals surface area contributed by atoms with E-state index in [2.05, 4.69) is 30.3 Å². The van der Waals surface area contributed by atoms with Gasteiger partial charge >= 0.3 is 0 Å². The van der Waals surface area contributed by atoms with Crippen LogP contribution in [0.4, 0.5) is 0 Å². The Balaban J connectivity index is 2.20. The van der Waals surface area contributed by atoms with Crippen LogP contribution in [0.2, 0.25) is 0 Å². The molecule has 0 aromatic heterocycles. The van der Waals surface area contributed by atoms with E-state index in [9.17, 15) is 5.11 Å². The van der Waals surface area contributed by atoms with Crippen LogP contribution in [0, 0.1) is 0 Å². The molecule has 0 bridgehead atoms. The highest BCUT2D eigenvalue weighted by molar-refractivity contribution is 6.05. The predicted molar refractivity (Wildman–Crippen MR) is 79.1 cm³/mol. The Labute approximate surface area is 110 Å². The van der Waals surface area contributed by atoms with Gasteiger partial charge in [-0.3, -0.25) is 5.11 Å². The van der Waals surface area contributed by atoms with E-state index in [1.54, 1.807) is 6.07 Å². The fraction of sp³-hybridized carbons (Fsp3) is 0. The first-order valence-electron chi connectivity index (χ1n) is 6.33. The molecule has 4 aromatic carbocycles. The van der Waals surface area contributed by atoms with Crippen LogP contribution in [0.5, 0.6) is 5.75 Å². The summed E-state index contributed by atoms with van der Waals surface area (Å²) in [7, 11) is 0. The average Bonchev–Trinajstić information content (AvgIpc) is 2.44. The largest absolute Gasteiger partial charge is 0.289 e. The molecule has 89 valence electrons. The average molecular weight is 243 g/mol. The van der Waals surface area contributed by atoms with Gasteiger partial charge in [0.15, 0.2) is 5.75 Å². The van der Waals surface area contributed by atoms with Crippen molar-refractivity contribution in [2.45, 2.75) is 0 Å². The number of rotatable bonds is 0. The zero-order chi connectivity index (χ0) is 12.8. The van der Waals surface area contributed by atoms with Gasteiger partial charge < -0.3 is 0 Å². The van der Waals surface area contributed by atoms with Crippen molar-refractivity contribution in [3.63, 3.8) is 0 Å². The smallest absolute Gasteiger partial charge is 0.186 e. The number of fused-ring (bicyclic) bond motifs is 3. The molecule has 0 atom stereocenters. The molecule has 0 spiro atoms. The molecule has 0 aliphatic heterocycles. The van der Waals surface area contributed by atoms with Crippen LogP contribution < -0.4 is 0 Å². The molecule has 0 amide bonds. The van der Waals surface area contributed by atoms with Gasteiger partial charge in [0.1, 0.15) is 0 Å². The molecule has 0 fully saturated rings. The lowest BCUT2D eigenvalue weighted by molar-refractivity contribution is 0.360. The van der Waals surface area contributed by atoms with Gasteiger partial charge in [0.2, 0.25) is 0 Å². The van der Waals surface area contributed by atoms with Crippen LogP contribution >= 0.6 is 0 Å². The summed E-state index contributed by atoms with van der Waals surface area (Å²) in [6.45, 7) is 0. The van der Waals surface area contributed by atoms with Crippen LogP contribution in [0.3, 0.4) is 0 Å². The summed E-state index contributed by atoms with van der Waals surface area (Å²) in [4.78, 5) is 0. The van der Waals surface area contributed by atoms with Crippen molar-refractivity contribution >= 4 is 32.3 Å². The minimum absolute atomic E-state index is 0.0903. The first-order valence-corrected chi connectivity index (χ1v) is 6.33. The summed E-state index contributed by atoms with van der Waals surface area (Å²) >= 11 is 0. The van der Waals surface area contributed by atoms with E-state index >= 15 is 0 Å². The van der Waals surface area contributed by atoms with E-state index in [0.717, 1.165) is 16.2 Å². The SMILES string of the molecule is [O]c1cccc2cc3cc4ccccc4cc3cc12. The quantitative estimate of drug-likeness (QED) is 0.374. The molecule has 0 aliphatic rings. The second-order valence-corrected chi connectivity index (χ2v) is 4.88. The van der Waals surface area contributed by atoms with Gasteiger partial charge in [-0.1, -0.05) is 36.4 Å². The molecule has 0 heterocycles. The van der Waals surface area contributed by atoms with E-state index < -0.39 is 0 Å². The molecule has 1 nitrogen and oxygen atoms in total. The molecule has 4 aromatic rings. The Morgan fingerprint density at radius 3 is 1.84 bits per heavy atom. The Hall–Kier alpha value is -2.54. The molecule has 1 radical (unpaired) electrons. The number of hydrogen-bond donors (Lipinski definition) is 0. The van der Waals surface area contributed by atoms with Crippen LogP contribution in [0.15, 0.2) is 66.7 Å².